The topological polar surface area (TPSA) is 82.1 Å². The highest BCUT2D eigenvalue weighted by Crippen LogP contribution is 2.35. The monoisotopic (exact) mass is 326 g/mol. The summed E-state index contributed by atoms with van der Waals surface area (Å²) in [6.45, 7) is 0.730. The van der Waals surface area contributed by atoms with Crippen LogP contribution in [0.25, 0.3) is 11.4 Å². The molecule has 1 saturated heterocycles. The number of benzene rings is 1. The number of aliphatic hydroxyl groups is 1. The predicted octanol–water partition coefficient (Wildman–Crippen LogP) is 2.30. The zero-order valence-corrected chi connectivity index (χ0v) is 13.6. The number of aromatic amines is 1. The van der Waals surface area contributed by atoms with Gasteiger partial charge in [0.2, 0.25) is 5.91 Å². The average molecular weight is 326 g/mol. The summed E-state index contributed by atoms with van der Waals surface area (Å²) in [5.74, 6) is 1.22. The summed E-state index contributed by atoms with van der Waals surface area (Å²) in [5, 5.41) is 17.4. The summed E-state index contributed by atoms with van der Waals surface area (Å²) >= 11 is 0. The lowest BCUT2D eigenvalue weighted by Crippen LogP contribution is -2.38. The Labute approximate surface area is 140 Å². The highest BCUT2D eigenvalue weighted by Gasteiger charge is 2.40. The Balaban J connectivity index is 1.55. The van der Waals surface area contributed by atoms with Crippen molar-refractivity contribution in [1.82, 2.24) is 20.1 Å². The molecule has 1 aliphatic heterocycles. The summed E-state index contributed by atoms with van der Waals surface area (Å²) in [5.41, 5.74) is 0.960. The van der Waals surface area contributed by atoms with E-state index >= 15 is 0 Å². The Morgan fingerprint density at radius 2 is 2.00 bits per heavy atom. The Bertz CT molecular complexity index is 715. The van der Waals surface area contributed by atoms with E-state index in [-0.39, 0.29) is 17.9 Å². The molecule has 0 bridgehead atoms. The average Bonchev–Trinajstić information content (AvgIpc) is 3.35. The van der Waals surface area contributed by atoms with Crippen LogP contribution in [0.2, 0.25) is 0 Å². The molecule has 6 nitrogen and oxygen atoms in total. The molecule has 126 valence electrons. The molecule has 24 heavy (non-hydrogen) atoms. The van der Waals surface area contributed by atoms with Gasteiger partial charge in [0.05, 0.1) is 18.1 Å². The highest BCUT2D eigenvalue weighted by atomic mass is 16.3. The number of aliphatic hydroxyl groups excluding tert-OH is 1. The van der Waals surface area contributed by atoms with E-state index in [0.29, 0.717) is 5.82 Å². The summed E-state index contributed by atoms with van der Waals surface area (Å²) in [6.07, 6.45) is 3.80. The lowest BCUT2D eigenvalue weighted by molar-refractivity contribution is -0.139. The SMILES string of the molecule is O=C(C1CCCC1O)N1CCCC1c1nc(-c2ccccc2)n[nH]1. The number of amides is 1. The molecule has 2 N–H and O–H groups in total. The molecule has 0 spiro atoms. The Morgan fingerprint density at radius 3 is 2.75 bits per heavy atom. The molecule has 0 radical (unpaired) electrons. The molecule has 1 aliphatic carbocycles. The maximum atomic E-state index is 12.8. The van der Waals surface area contributed by atoms with Crippen LogP contribution in [0.1, 0.15) is 44.0 Å². The van der Waals surface area contributed by atoms with Crippen molar-refractivity contribution in [2.24, 2.45) is 5.92 Å². The number of aromatic nitrogens is 3. The molecular formula is C18H22N4O2. The smallest absolute Gasteiger partial charge is 0.228 e. The molecular weight excluding hydrogens is 304 g/mol. The van der Waals surface area contributed by atoms with Gasteiger partial charge in [-0.2, -0.15) is 5.10 Å². The molecule has 1 amide bonds. The van der Waals surface area contributed by atoms with Gasteiger partial charge in [-0.25, -0.2) is 4.98 Å². The summed E-state index contributed by atoms with van der Waals surface area (Å²) in [4.78, 5) is 19.3. The van der Waals surface area contributed by atoms with Gasteiger partial charge < -0.3 is 10.0 Å². The number of rotatable bonds is 3. The van der Waals surface area contributed by atoms with Crippen molar-refractivity contribution < 1.29 is 9.90 Å². The second kappa shape index (κ2) is 6.36. The largest absolute Gasteiger partial charge is 0.392 e. The van der Waals surface area contributed by atoms with Gasteiger partial charge in [0, 0.05) is 12.1 Å². The van der Waals surface area contributed by atoms with Gasteiger partial charge in [-0.3, -0.25) is 9.89 Å². The Hall–Kier alpha value is -2.21. The number of hydrogen-bond donors (Lipinski definition) is 2. The lowest BCUT2D eigenvalue weighted by Gasteiger charge is -2.27. The van der Waals surface area contributed by atoms with Crippen LogP contribution < -0.4 is 0 Å². The summed E-state index contributed by atoms with van der Waals surface area (Å²) in [6, 6.07) is 9.76. The summed E-state index contributed by atoms with van der Waals surface area (Å²) < 4.78 is 0. The molecule has 1 aromatic heterocycles. The first kappa shape index (κ1) is 15.3. The molecule has 3 unspecified atom stereocenters. The van der Waals surface area contributed by atoms with Crippen molar-refractivity contribution in [3.63, 3.8) is 0 Å². The van der Waals surface area contributed by atoms with Crippen molar-refractivity contribution in [1.29, 1.82) is 0 Å². The van der Waals surface area contributed by atoms with Crippen LogP contribution >= 0.6 is 0 Å². The van der Waals surface area contributed by atoms with Crippen molar-refractivity contribution in [3.05, 3.63) is 36.2 Å². The Kier molecular flexibility index (Phi) is 4.06. The Morgan fingerprint density at radius 1 is 1.17 bits per heavy atom. The lowest BCUT2D eigenvalue weighted by atomic mass is 10.0. The number of nitrogens with zero attached hydrogens (tertiary/aromatic N) is 3. The van der Waals surface area contributed by atoms with Crippen LogP contribution in [0, 0.1) is 5.92 Å². The molecule has 1 saturated carbocycles. The van der Waals surface area contributed by atoms with Crippen molar-refractivity contribution in [2.45, 2.75) is 44.2 Å². The van der Waals surface area contributed by atoms with Gasteiger partial charge in [0.1, 0.15) is 5.82 Å². The van der Waals surface area contributed by atoms with E-state index in [1.54, 1.807) is 0 Å². The van der Waals surface area contributed by atoms with Gasteiger partial charge in [-0.1, -0.05) is 30.3 Å². The van der Waals surface area contributed by atoms with Gasteiger partial charge in [0.15, 0.2) is 5.82 Å². The number of hydrogen-bond acceptors (Lipinski definition) is 4. The first-order valence-corrected chi connectivity index (χ1v) is 8.70. The van der Waals surface area contributed by atoms with Crippen LogP contribution in [-0.4, -0.2) is 43.7 Å². The molecule has 1 aromatic carbocycles. The van der Waals surface area contributed by atoms with E-state index in [4.69, 9.17) is 0 Å². The molecule has 2 aromatic rings. The second-order valence-electron chi connectivity index (χ2n) is 6.70. The number of carbonyl (C=O) groups is 1. The van der Waals surface area contributed by atoms with E-state index in [2.05, 4.69) is 15.2 Å². The third-order valence-electron chi connectivity index (χ3n) is 5.18. The number of likely N-dealkylation sites (tertiary alicyclic amines) is 1. The van der Waals surface area contributed by atoms with Crippen molar-refractivity contribution in [2.75, 3.05) is 6.54 Å². The molecule has 4 rings (SSSR count). The van der Waals surface area contributed by atoms with Crippen molar-refractivity contribution >= 4 is 5.91 Å². The van der Waals surface area contributed by atoms with Crippen LogP contribution in [0.3, 0.4) is 0 Å². The van der Waals surface area contributed by atoms with Crippen LogP contribution in [-0.2, 0) is 4.79 Å². The first-order valence-electron chi connectivity index (χ1n) is 8.70. The van der Waals surface area contributed by atoms with E-state index in [1.807, 2.05) is 35.2 Å². The molecule has 2 heterocycles. The zero-order chi connectivity index (χ0) is 16.5. The minimum absolute atomic E-state index is 0.0599. The quantitative estimate of drug-likeness (QED) is 0.907. The first-order chi connectivity index (χ1) is 11.7. The number of carbonyl (C=O) groups excluding carboxylic acids is 1. The maximum absolute atomic E-state index is 12.8. The minimum Gasteiger partial charge on any atom is -0.392 e. The van der Waals surface area contributed by atoms with Gasteiger partial charge in [0.25, 0.3) is 0 Å². The third kappa shape index (κ3) is 2.71. The van der Waals surface area contributed by atoms with E-state index in [9.17, 15) is 9.90 Å². The molecule has 6 heteroatoms. The maximum Gasteiger partial charge on any atom is 0.228 e. The number of nitrogens with one attached hydrogen (secondary N) is 1. The van der Waals surface area contributed by atoms with Crippen molar-refractivity contribution in [3.8, 4) is 11.4 Å². The van der Waals surface area contributed by atoms with Gasteiger partial charge >= 0.3 is 0 Å². The van der Waals surface area contributed by atoms with E-state index < -0.39 is 6.10 Å². The van der Waals surface area contributed by atoms with Gasteiger partial charge in [-0.15, -0.1) is 0 Å². The fourth-order valence-electron chi connectivity index (χ4n) is 3.90. The van der Waals surface area contributed by atoms with Crippen LogP contribution in [0.5, 0.6) is 0 Å². The van der Waals surface area contributed by atoms with E-state index in [1.165, 1.54) is 0 Å². The normalized spacial score (nSPS) is 26.9. The zero-order valence-electron chi connectivity index (χ0n) is 13.6. The van der Waals surface area contributed by atoms with E-state index in [0.717, 1.165) is 50.0 Å². The predicted molar refractivity (Wildman–Crippen MR) is 88.9 cm³/mol. The fraction of sp³-hybridized carbons (Fsp3) is 0.500. The van der Waals surface area contributed by atoms with Crippen LogP contribution in [0.15, 0.2) is 30.3 Å². The highest BCUT2D eigenvalue weighted by molar-refractivity contribution is 5.80. The fourth-order valence-corrected chi connectivity index (χ4v) is 3.90. The molecule has 2 fully saturated rings. The molecule has 3 atom stereocenters. The minimum atomic E-state index is -0.492. The standard InChI is InChI=1S/C18H22N4O2/c23-15-10-4-8-13(15)18(24)22-11-5-9-14(22)17-19-16(20-21-17)12-6-2-1-3-7-12/h1-3,6-7,13-15,23H,4-5,8-11H2,(H,19,20,21). The second-order valence-corrected chi connectivity index (χ2v) is 6.70. The number of H-pyrrole nitrogens is 1. The molecule has 2 aliphatic rings. The summed E-state index contributed by atoms with van der Waals surface area (Å²) in [7, 11) is 0. The van der Waals surface area contributed by atoms with Crippen LogP contribution in [0.4, 0.5) is 0 Å². The third-order valence-corrected chi connectivity index (χ3v) is 5.18. The van der Waals surface area contributed by atoms with Gasteiger partial charge in [-0.05, 0) is 32.1 Å².